The SMILES string of the molecule is C#CCc1nc2ccc(N)cc2[nH]1. The lowest BCUT2D eigenvalue weighted by Gasteiger charge is -1.89. The van der Waals surface area contributed by atoms with Crippen molar-refractivity contribution in [2.45, 2.75) is 6.42 Å². The molecular weight excluding hydrogens is 162 g/mol. The molecule has 0 aliphatic rings. The van der Waals surface area contributed by atoms with Gasteiger partial charge in [-0.15, -0.1) is 6.42 Å². The van der Waals surface area contributed by atoms with Gasteiger partial charge in [-0.25, -0.2) is 4.98 Å². The van der Waals surface area contributed by atoms with Gasteiger partial charge in [0.25, 0.3) is 0 Å². The first kappa shape index (κ1) is 7.69. The number of hydrogen-bond acceptors (Lipinski definition) is 2. The van der Waals surface area contributed by atoms with Gasteiger partial charge in [-0.2, -0.15) is 0 Å². The van der Waals surface area contributed by atoms with Gasteiger partial charge in [0.15, 0.2) is 0 Å². The minimum Gasteiger partial charge on any atom is -0.399 e. The number of hydrogen-bond donors (Lipinski definition) is 2. The fraction of sp³-hybridized carbons (Fsp3) is 0.100. The number of terminal acetylenes is 1. The standard InChI is InChI=1S/C10H9N3/c1-2-3-10-12-8-5-4-7(11)6-9(8)13-10/h1,4-6H,3,11H2,(H,12,13). The van der Waals surface area contributed by atoms with E-state index in [1.807, 2.05) is 18.2 Å². The second kappa shape index (κ2) is 2.83. The Morgan fingerprint density at radius 3 is 3.15 bits per heavy atom. The second-order valence-electron chi connectivity index (χ2n) is 2.84. The highest BCUT2D eigenvalue weighted by atomic mass is 14.9. The maximum atomic E-state index is 5.62. The number of H-pyrrole nitrogens is 1. The summed E-state index contributed by atoms with van der Waals surface area (Å²) in [6.07, 6.45) is 5.70. The Morgan fingerprint density at radius 1 is 1.54 bits per heavy atom. The van der Waals surface area contributed by atoms with Gasteiger partial charge < -0.3 is 10.7 Å². The summed E-state index contributed by atoms with van der Waals surface area (Å²) in [4.78, 5) is 7.39. The van der Waals surface area contributed by atoms with Crippen LogP contribution in [0.4, 0.5) is 5.69 Å². The van der Waals surface area contributed by atoms with E-state index in [1.165, 1.54) is 0 Å². The fourth-order valence-corrected chi connectivity index (χ4v) is 1.26. The van der Waals surface area contributed by atoms with E-state index < -0.39 is 0 Å². The summed E-state index contributed by atoms with van der Waals surface area (Å²) in [5.41, 5.74) is 8.18. The van der Waals surface area contributed by atoms with Crippen molar-refractivity contribution >= 4 is 16.7 Å². The van der Waals surface area contributed by atoms with Crippen molar-refractivity contribution in [1.29, 1.82) is 0 Å². The number of nitrogens with two attached hydrogens (primary N) is 1. The lowest BCUT2D eigenvalue weighted by molar-refractivity contribution is 1.10. The van der Waals surface area contributed by atoms with Gasteiger partial charge in [0, 0.05) is 5.69 Å². The lowest BCUT2D eigenvalue weighted by atomic mass is 10.3. The number of anilines is 1. The van der Waals surface area contributed by atoms with E-state index in [4.69, 9.17) is 12.2 Å². The zero-order chi connectivity index (χ0) is 9.26. The molecule has 1 heterocycles. The zero-order valence-corrected chi connectivity index (χ0v) is 7.04. The highest BCUT2D eigenvalue weighted by Crippen LogP contribution is 2.14. The van der Waals surface area contributed by atoms with Crippen LogP contribution in [0.5, 0.6) is 0 Å². The van der Waals surface area contributed by atoms with Crippen LogP contribution in [0, 0.1) is 12.3 Å². The Labute approximate surface area is 76.0 Å². The zero-order valence-electron chi connectivity index (χ0n) is 7.04. The average Bonchev–Trinajstić information content (AvgIpc) is 2.46. The highest BCUT2D eigenvalue weighted by Gasteiger charge is 2.00. The molecule has 3 N–H and O–H groups in total. The van der Waals surface area contributed by atoms with Gasteiger partial charge in [0.05, 0.1) is 17.5 Å². The molecule has 1 aromatic carbocycles. The van der Waals surface area contributed by atoms with E-state index in [1.54, 1.807) is 0 Å². The molecule has 0 aliphatic heterocycles. The molecule has 0 amide bonds. The quantitative estimate of drug-likeness (QED) is 0.502. The maximum Gasteiger partial charge on any atom is 0.119 e. The number of aromatic nitrogens is 2. The molecule has 0 fully saturated rings. The third-order valence-corrected chi connectivity index (χ3v) is 1.82. The minimum atomic E-state index is 0.522. The van der Waals surface area contributed by atoms with Crippen molar-refractivity contribution in [3.63, 3.8) is 0 Å². The molecule has 0 saturated heterocycles. The summed E-state index contributed by atoms with van der Waals surface area (Å²) < 4.78 is 0. The number of nitrogens with one attached hydrogen (secondary N) is 1. The molecular formula is C10H9N3. The minimum absolute atomic E-state index is 0.522. The number of fused-ring (bicyclic) bond motifs is 1. The number of nitrogens with zero attached hydrogens (tertiary/aromatic N) is 1. The Hall–Kier alpha value is -1.95. The molecule has 3 heteroatoms. The first-order valence-corrected chi connectivity index (χ1v) is 3.97. The first-order chi connectivity index (χ1) is 6.29. The largest absolute Gasteiger partial charge is 0.399 e. The van der Waals surface area contributed by atoms with Crippen LogP contribution in [-0.4, -0.2) is 9.97 Å². The fourth-order valence-electron chi connectivity index (χ4n) is 1.26. The number of imidazole rings is 1. The molecule has 0 saturated carbocycles. The molecule has 13 heavy (non-hydrogen) atoms. The third kappa shape index (κ3) is 1.34. The molecule has 0 unspecified atom stereocenters. The molecule has 0 radical (unpaired) electrons. The smallest absolute Gasteiger partial charge is 0.119 e. The van der Waals surface area contributed by atoms with Crippen LogP contribution in [0.3, 0.4) is 0 Å². The topological polar surface area (TPSA) is 54.7 Å². The number of aromatic amines is 1. The van der Waals surface area contributed by atoms with Crippen LogP contribution >= 0.6 is 0 Å². The van der Waals surface area contributed by atoms with Crippen LogP contribution < -0.4 is 5.73 Å². The molecule has 2 rings (SSSR count). The number of rotatable bonds is 1. The monoisotopic (exact) mass is 171 g/mol. The normalized spacial score (nSPS) is 10.1. The van der Waals surface area contributed by atoms with Crippen LogP contribution in [0.25, 0.3) is 11.0 Å². The molecule has 64 valence electrons. The van der Waals surface area contributed by atoms with Crippen molar-refractivity contribution in [3.05, 3.63) is 24.0 Å². The molecule has 2 aromatic rings. The van der Waals surface area contributed by atoms with E-state index in [0.717, 1.165) is 22.5 Å². The molecule has 0 bridgehead atoms. The van der Waals surface area contributed by atoms with Gasteiger partial charge in [-0.1, -0.05) is 5.92 Å². The molecule has 0 atom stereocenters. The van der Waals surface area contributed by atoms with Crippen molar-refractivity contribution in [3.8, 4) is 12.3 Å². The Morgan fingerprint density at radius 2 is 2.38 bits per heavy atom. The van der Waals surface area contributed by atoms with Gasteiger partial charge >= 0.3 is 0 Å². The van der Waals surface area contributed by atoms with Crippen molar-refractivity contribution < 1.29 is 0 Å². The average molecular weight is 171 g/mol. The summed E-state index contributed by atoms with van der Waals surface area (Å²) in [5, 5.41) is 0. The predicted octanol–water partition coefficient (Wildman–Crippen LogP) is 1.32. The summed E-state index contributed by atoms with van der Waals surface area (Å²) in [6, 6.07) is 5.55. The molecule has 3 nitrogen and oxygen atoms in total. The van der Waals surface area contributed by atoms with E-state index in [-0.39, 0.29) is 0 Å². The van der Waals surface area contributed by atoms with Gasteiger partial charge in [0.2, 0.25) is 0 Å². The van der Waals surface area contributed by atoms with Crippen LogP contribution in [0.2, 0.25) is 0 Å². The lowest BCUT2D eigenvalue weighted by Crippen LogP contribution is -1.82. The van der Waals surface area contributed by atoms with Crippen LogP contribution in [0.15, 0.2) is 18.2 Å². The van der Waals surface area contributed by atoms with E-state index in [9.17, 15) is 0 Å². The molecule has 1 aromatic heterocycles. The van der Waals surface area contributed by atoms with Crippen molar-refractivity contribution in [1.82, 2.24) is 9.97 Å². The summed E-state index contributed by atoms with van der Waals surface area (Å²) in [5.74, 6) is 3.34. The van der Waals surface area contributed by atoms with E-state index in [0.29, 0.717) is 6.42 Å². The third-order valence-electron chi connectivity index (χ3n) is 1.82. The Balaban J connectivity index is 2.57. The van der Waals surface area contributed by atoms with Gasteiger partial charge in [-0.3, -0.25) is 0 Å². The summed E-state index contributed by atoms with van der Waals surface area (Å²) >= 11 is 0. The van der Waals surface area contributed by atoms with Crippen molar-refractivity contribution in [2.75, 3.05) is 5.73 Å². The Kier molecular flexibility index (Phi) is 1.67. The predicted molar refractivity (Wildman–Crippen MR) is 53.0 cm³/mol. The maximum absolute atomic E-state index is 5.62. The molecule has 0 aliphatic carbocycles. The van der Waals surface area contributed by atoms with Crippen LogP contribution in [0.1, 0.15) is 5.82 Å². The first-order valence-electron chi connectivity index (χ1n) is 3.97. The summed E-state index contributed by atoms with van der Waals surface area (Å²) in [6.45, 7) is 0. The Bertz CT molecular complexity index is 476. The van der Waals surface area contributed by atoms with Crippen LogP contribution in [-0.2, 0) is 6.42 Å². The highest BCUT2D eigenvalue weighted by molar-refractivity contribution is 5.78. The van der Waals surface area contributed by atoms with Crippen molar-refractivity contribution in [2.24, 2.45) is 0 Å². The second-order valence-corrected chi connectivity index (χ2v) is 2.84. The van der Waals surface area contributed by atoms with E-state index >= 15 is 0 Å². The van der Waals surface area contributed by atoms with Gasteiger partial charge in [-0.05, 0) is 18.2 Å². The number of nitrogen functional groups attached to an aromatic ring is 1. The van der Waals surface area contributed by atoms with E-state index in [2.05, 4.69) is 15.9 Å². The number of benzene rings is 1. The molecule has 0 spiro atoms. The summed E-state index contributed by atoms with van der Waals surface area (Å²) in [7, 11) is 0. The van der Waals surface area contributed by atoms with Gasteiger partial charge in [0.1, 0.15) is 5.82 Å².